The maximum absolute atomic E-state index is 11.9. The number of hydrogen-bond acceptors (Lipinski definition) is 3. The fraction of sp³-hybridized carbons (Fsp3) is 0.143. The zero-order valence-electron chi connectivity index (χ0n) is 10.5. The summed E-state index contributed by atoms with van der Waals surface area (Å²) >= 11 is 6.21. The number of methoxy groups -OCH3 is 1. The van der Waals surface area contributed by atoms with Crippen molar-refractivity contribution in [3.05, 3.63) is 35.1 Å². The average molecular weight is 275 g/mol. The van der Waals surface area contributed by atoms with Crippen molar-refractivity contribution in [2.75, 3.05) is 12.0 Å². The summed E-state index contributed by atoms with van der Waals surface area (Å²) in [6, 6.07) is 5.53. The topological polar surface area (TPSA) is 42.4 Å². The largest absolute Gasteiger partial charge is 0.495 e. The minimum absolute atomic E-state index is 0.165. The number of aromatic nitrogens is 1. The van der Waals surface area contributed by atoms with Gasteiger partial charge in [0.25, 0.3) is 0 Å². The van der Waals surface area contributed by atoms with Crippen LogP contribution in [0.15, 0.2) is 29.6 Å². The molecule has 96 valence electrons. The van der Waals surface area contributed by atoms with Crippen LogP contribution in [0.3, 0.4) is 0 Å². The Hall–Kier alpha value is -2.07. The summed E-state index contributed by atoms with van der Waals surface area (Å²) in [5.74, 6) is 0.435. The van der Waals surface area contributed by atoms with Crippen LogP contribution in [0.2, 0.25) is 0 Å². The van der Waals surface area contributed by atoms with Crippen LogP contribution >= 0.6 is 11.6 Å². The highest BCUT2D eigenvalue weighted by Crippen LogP contribution is 2.43. The maximum atomic E-state index is 11.9. The fourth-order valence-electron chi connectivity index (χ4n) is 2.35. The summed E-state index contributed by atoms with van der Waals surface area (Å²) in [5.41, 5.74) is 2.39. The molecule has 0 radical (unpaired) electrons. The third-order valence-corrected chi connectivity index (χ3v) is 3.40. The molecule has 2 aromatic rings. The van der Waals surface area contributed by atoms with Gasteiger partial charge in [0.2, 0.25) is 5.91 Å². The third kappa shape index (κ3) is 1.68. The first-order valence-electron chi connectivity index (χ1n) is 5.77. The Morgan fingerprint density at radius 2 is 2.16 bits per heavy atom. The normalized spacial score (nSPS) is 13.4. The van der Waals surface area contributed by atoms with E-state index in [4.69, 9.17) is 16.3 Å². The maximum Gasteiger partial charge on any atom is 0.229 e. The van der Waals surface area contributed by atoms with Gasteiger partial charge in [-0.25, -0.2) is 0 Å². The van der Waals surface area contributed by atoms with Crippen LogP contribution in [-0.4, -0.2) is 18.0 Å². The van der Waals surface area contributed by atoms with E-state index in [2.05, 4.69) is 4.98 Å². The van der Waals surface area contributed by atoms with Crippen molar-refractivity contribution < 1.29 is 9.53 Å². The van der Waals surface area contributed by atoms with Crippen LogP contribution in [0.5, 0.6) is 5.75 Å². The quantitative estimate of drug-likeness (QED) is 0.750. The highest BCUT2D eigenvalue weighted by molar-refractivity contribution is 6.37. The smallest absolute Gasteiger partial charge is 0.229 e. The van der Waals surface area contributed by atoms with E-state index in [0.29, 0.717) is 16.6 Å². The minimum atomic E-state index is -0.165. The second-order valence-electron chi connectivity index (χ2n) is 4.23. The number of halogens is 1. The number of ether oxygens (including phenoxy) is 1. The van der Waals surface area contributed by atoms with Crippen LogP contribution in [0.4, 0.5) is 5.69 Å². The lowest BCUT2D eigenvalue weighted by Crippen LogP contribution is -2.27. The Kier molecular flexibility index (Phi) is 2.68. The summed E-state index contributed by atoms with van der Waals surface area (Å²) in [6.45, 7) is 1.47. The van der Waals surface area contributed by atoms with E-state index >= 15 is 0 Å². The van der Waals surface area contributed by atoms with Crippen molar-refractivity contribution in [2.45, 2.75) is 6.92 Å². The molecule has 1 aromatic heterocycles. The molecule has 5 heteroatoms. The molecular formula is C14H11ClN2O2. The molecule has 0 saturated heterocycles. The van der Waals surface area contributed by atoms with Gasteiger partial charge in [-0.1, -0.05) is 11.6 Å². The predicted octanol–water partition coefficient (Wildman–Crippen LogP) is 3.15. The molecule has 4 nitrogen and oxygen atoms in total. The molecule has 0 unspecified atom stereocenters. The molecule has 0 aliphatic carbocycles. The summed E-state index contributed by atoms with van der Waals surface area (Å²) in [6.07, 6.45) is 3.48. The van der Waals surface area contributed by atoms with E-state index in [0.717, 1.165) is 16.5 Å². The van der Waals surface area contributed by atoms with Crippen molar-refractivity contribution in [1.29, 1.82) is 0 Å². The zero-order chi connectivity index (χ0) is 13.6. The molecule has 1 aromatic carbocycles. The number of rotatable bonds is 1. The lowest BCUT2D eigenvalue weighted by Gasteiger charge is -2.27. The van der Waals surface area contributed by atoms with Gasteiger partial charge in [-0.05, 0) is 29.8 Å². The van der Waals surface area contributed by atoms with Gasteiger partial charge in [-0.15, -0.1) is 0 Å². The molecule has 0 fully saturated rings. The van der Waals surface area contributed by atoms with E-state index in [1.165, 1.54) is 11.8 Å². The van der Waals surface area contributed by atoms with Crippen LogP contribution in [0.1, 0.15) is 12.5 Å². The molecule has 0 bridgehead atoms. The van der Waals surface area contributed by atoms with E-state index in [1.54, 1.807) is 25.4 Å². The van der Waals surface area contributed by atoms with Gasteiger partial charge < -0.3 is 4.74 Å². The molecule has 0 saturated carbocycles. The van der Waals surface area contributed by atoms with Crippen LogP contribution < -0.4 is 9.64 Å². The Bertz CT molecular complexity index is 725. The van der Waals surface area contributed by atoms with Crippen molar-refractivity contribution >= 4 is 40.2 Å². The number of carbonyl (C=O) groups excluding carboxylic acids is 1. The Labute approximate surface area is 115 Å². The van der Waals surface area contributed by atoms with E-state index in [-0.39, 0.29) is 5.91 Å². The molecule has 3 rings (SSSR count). The lowest BCUT2D eigenvalue weighted by atomic mass is 10.0. The van der Waals surface area contributed by atoms with Gasteiger partial charge in [-0.3, -0.25) is 14.7 Å². The van der Waals surface area contributed by atoms with Crippen molar-refractivity contribution in [3.63, 3.8) is 0 Å². The molecule has 1 amide bonds. The number of amides is 1. The SMILES string of the molecule is COc1ccc2nccc3c2c1N(C(C)=O)C(Cl)=C3. The van der Waals surface area contributed by atoms with Crippen molar-refractivity contribution in [1.82, 2.24) is 4.98 Å². The van der Waals surface area contributed by atoms with Gasteiger partial charge in [0.05, 0.1) is 12.6 Å². The molecular weight excluding hydrogens is 264 g/mol. The van der Waals surface area contributed by atoms with Gasteiger partial charge in [-0.2, -0.15) is 0 Å². The molecule has 19 heavy (non-hydrogen) atoms. The highest BCUT2D eigenvalue weighted by Gasteiger charge is 2.27. The van der Waals surface area contributed by atoms with Crippen LogP contribution in [-0.2, 0) is 4.79 Å². The second-order valence-corrected chi connectivity index (χ2v) is 4.62. The number of hydrogen-bond donors (Lipinski definition) is 0. The van der Waals surface area contributed by atoms with Crippen LogP contribution in [0, 0.1) is 0 Å². The van der Waals surface area contributed by atoms with Gasteiger partial charge >= 0.3 is 0 Å². The molecule has 0 N–H and O–H groups in total. The van der Waals surface area contributed by atoms with E-state index < -0.39 is 0 Å². The van der Waals surface area contributed by atoms with Crippen molar-refractivity contribution in [3.8, 4) is 5.75 Å². The summed E-state index contributed by atoms with van der Waals surface area (Å²) in [5, 5.41) is 1.23. The Morgan fingerprint density at radius 1 is 1.37 bits per heavy atom. The van der Waals surface area contributed by atoms with Crippen molar-refractivity contribution in [2.24, 2.45) is 0 Å². The zero-order valence-corrected chi connectivity index (χ0v) is 11.2. The van der Waals surface area contributed by atoms with Gasteiger partial charge in [0, 0.05) is 18.5 Å². The first-order valence-corrected chi connectivity index (χ1v) is 6.15. The third-order valence-electron chi connectivity index (χ3n) is 3.12. The van der Waals surface area contributed by atoms with Gasteiger partial charge in [0.15, 0.2) is 0 Å². The number of anilines is 1. The molecule has 0 spiro atoms. The summed E-state index contributed by atoms with van der Waals surface area (Å²) in [4.78, 5) is 17.6. The summed E-state index contributed by atoms with van der Waals surface area (Å²) in [7, 11) is 1.57. The van der Waals surface area contributed by atoms with Crippen LogP contribution in [0.25, 0.3) is 17.0 Å². The number of nitrogens with zero attached hydrogens (tertiary/aromatic N) is 2. The number of pyridine rings is 1. The fourth-order valence-corrected chi connectivity index (χ4v) is 2.67. The number of benzene rings is 1. The highest BCUT2D eigenvalue weighted by atomic mass is 35.5. The van der Waals surface area contributed by atoms with Gasteiger partial charge in [0.1, 0.15) is 16.6 Å². The standard InChI is InChI=1S/C14H11ClN2O2/c1-8(18)17-12(15)7-9-5-6-16-10-3-4-11(19-2)14(17)13(9)10/h3-7H,1-2H3. The molecule has 1 aliphatic rings. The monoisotopic (exact) mass is 274 g/mol. The molecule has 1 aliphatic heterocycles. The average Bonchev–Trinajstić information content (AvgIpc) is 2.38. The second kappa shape index (κ2) is 4.24. The summed E-state index contributed by atoms with van der Waals surface area (Å²) < 4.78 is 5.35. The Morgan fingerprint density at radius 3 is 2.84 bits per heavy atom. The first kappa shape index (κ1) is 12.0. The predicted molar refractivity (Wildman–Crippen MR) is 75.3 cm³/mol. The minimum Gasteiger partial charge on any atom is -0.495 e. The first-order chi connectivity index (χ1) is 9.13. The van der Waals surface area contributed by atoms with E-state index in [9.17, 15) is 4.79 Å². The molecule has 2 heterocycles. The number of carbonyl (C=O) groups is 1. The Balaban J connectivity index is 2.46. The van der Waals surface area contributed by atoms with E-state index in [1.807, 2.05) is 12.1 Å². The lowest BCUT2D eigenvalue weighted by molar-refractivity contribution is -0.116. The molecule has 0 atom stereocenters.